The molecule has 3 aliphatic heterocycles. The van der Waals surface area contributed by atoms with Crippen LogP contribution in [-0.4, -0.2) is 35.1 Å². The smallest absolute Gasteiger partial charge is 0.225 e. The third-order valence-corrected chi connectivity index (χ3v) is 3.18. The van der Waals surface area contributed by atoms with E-state index in [1.807, 2.05) is 19.9 Å². The molecule has 2 bridgehead atoms. The van der Waals surface area contributed by atoms with Crippen molar-refractivity contribution in [2.24, 2.45) is 0 Å². The zero-order valence-corrected chi connectivity index (χ0v) is 9.20. The molecule has 80 valence electrons. The van der Waals surface area contributed by atoms with Crippen LogP contribution in [0.3, 0.4) is 0 Å². The Morgan fingerprint density at radius 3 is 2.27 bits per heavy atom. The van der Waals surface area contributed by atoms with Gasteiger partial charge in [0.1, 0.15) is 0 Å². The Morgan fingerprint density at radius 2 is 1.73 bits per heavy atom. The van der Waals surface area contributed by atoms with Crippen LogP contribution in [0, 0.1) is 13.8 Å². The molecule has 2 unspecified atom stereocenters. The van der Waals surface area contributed by atoms with Crippen LogP contribution in [0.25, 0.3) is 0 Å². The van der Waals surface area contributed by atoms with Crippen molar-refractivity contribution in [3.05, 3.63) is 17.5 Å². The largest absolute Gasteiger partial charge is 0.338 e. The van der Waals surface area contributed by atoms with Crippen LogP contribution in [0.1, 0.15) is 17.8 Å². The van der Waals surface area contributed by atoms with Gasteiger partial charge in [-0.3, -0.25) is 0 Å². The molecule has 0 radical (unpaired) electrons. The van der Waals surface area contributed by atoms with Crippen LogP contribution in [0.2, 0.25) is 0 Å². The number of nitrogens with zero attached hydrogens (tertiary/aromatic N) is 3. The van der Waals surface area contributed by atoms with Gasteiger partial charge in [-0.2, -0.15) is 0 Å². The highest BCUT2D eigenvalue weighted by atomic mass is 15.3. The van der Waals surface area contributed by atoms with Crippen molar-refractivity contribution in [2.75, 3.05) is 18.0 Å². The monoisotopic (exact) mass is 204 g/mol. The Balaban J connectivity index is 1.86. The van der Waals surface area contributed by atoms with Gasteiger partial charge in [-0.05, 0) is 26.3 Å². The third-order valence-electron chi connectivity index (χ3n) is 3.18. The molecule has 3 fully saturated rings. The molecule has 1 aromatic heterocycles. The Hall–Kier alpha value is -1.16. The highest BCUT2D eigenvalue weighted by Gasteiger charge is 2.37. The van der Waals surface area contributed by atoms with Gasteiger partial charge in [0.05, 0.1) is 0 Å². The summed E-state index contributed by atoms with van der Waals surface area (Å²) < 4.78 is 0. The molecule has 0 aliphatic carbocycles. The summed E-state index contributed by atoms with van der Waals surface area (Å²) in [5.74, 6) is 0.906. The Kier molecular flexibility index (Phi) is 1.92. The molecule has 3 saturated heterocycles. The number of nitrogens with one attached hydrogen (secondary N) is 1. The lowest BCUT2D eigenvalue weighted by molar-refractivity contribution is 0.224. The average Bonchev–Trinajstić information content (AvgIpc) is 2.15. The fraction of sp³-hybridized carbons (Fsp3) is 0.636. The van der Waals surface area contributed by atoms with E-state index >= 15 is 0 Å². The lowest BCUT2D eigenvalue weighted by Gasteiger charge is -2.48. The third kappa shape index (κ3) is 1.59. The van der Waals surface area contributed by atoms with Crippen molar-refractivity contribution in [3.8, 4) is 0 Å². The van der Waals surface area contributed by atoms with Crippen molar-refractivity contribution in [3.63, 3.8) is 0 Å². The molecular formula is C11H16N4. The Labute approximate surface area is 89.7 Å². The maximum Gasteiger partial charge on any atom is 0.225 e. The minimum Gasteiger partial charge on any atom is -0.338 e. The Bertz CT molecular complexity index is 354. The molecule has 0 aromatic carbocycles. The quantitative estimate of drug-likeness (QED) is 0.729. The van der Waals surface area contributed by atoms with Gasteiger partial charge >= 0.3 is 0 Å². The maximum atomic E-state index is 4.50. The maximum absolute atomic E-state index is 4.50. The van der Waals surface area contributed by atoms with Gasteiger partial charge in [0.25, 0.3) is 0 Å². The first-order chi connectivity index (χ1) is 7.20. The van der Waals surface area contributed by atoms with Crippen molar-refractivity contribution in [1.29, 1.82) is 0 Å². The SMILES string of the molecule is Cc1cc(C)nc(N2CC3CC(C2)N3)n1. The van der Waals surface area contributed by atoms with E-state index in [1.165, 1.54) is 6.42 Å². The van der Waals surface area contributed by atoms with Gasteiger partial charge in [-0.25, -0.2) is 9.97 Å². The number of aromatic nitrogens is 2. The first-order valence-electron chi connectivity index (χ1n) is 5.54. The van der Waals surface area contributed by atoms with Gasteiger partial charge < -0.3 is 10.2 Å². The molecule has 0 spiro atoms. The lowest BCUT2D eigenvalue weighted by atomic mass is 9.92. The van der Waals surface area contributed by atoms with E-state index in [-0.39, 0.29) is 0 Å². The number of piperazine rings is 1. The molecule has 0 saturated carbocycles. The number of aryl methyl sites for hydroxylation is 2. The summed E-state index contributed by atoms with van der Waals surface area (Å²) in [5.41, 5.74) is 2.12. The molecule has 1 N–H and O–H groups in total. The summed E-state index contributed by atoms with van der Waals surface area (Å²) in [6.45, 7) is 6.17. The summed E-state index contributed by atoms with van der Waals surface area (Å²) in [6.07, 6.45) is 1.32. The van der Waals surface area contributed by atoms with E-state index in [0.29, 0.717) is 12.1 Å². The standard InChI is InChI=1S/C11H16N4/c1-7-3-8(2)13-11(12-7)15-5-9-4-10(6-15)14-9/h3,9-10,14H,4-6H2,1-2H3. The van der Waals surface area contributed by atoms with Crippen molar-refractivity contribution >= 4 is 5.95 Å². The molecule has 2 atom stereocenters. The van der Waals surface area contributed by atoms with Crippen LogP contribution in [-0.2, 0) is 0 Å². The number of hydrogen-bond donors (Lipinski definition) is 1. The summed E-state index contributed by atoms with van der Waals surface area (Å²) in [7, 11) is 0. The lowest BCUT2D eigenvalue weighted by Crippen LogP contribution is -2.67. The van der Waals surface area contributed by atoms with E-state index < -0.39 is 0 Å². The van der Waals surface area contributed by atoms with E-state index in [1.54, 1.807) is 0 Å². The summed E-state index contributed by atoms with van der Waals surface area (Å²) in [5, 5.41) is 3.51. The number of rotatable bonds is 1. The van der Waals surface area contributed by atoms with Crippen LogP contribution in [0.5, 0.6) is 0 Å². The highest BCUT2D eigenvalue weighted by molar-refractivity contribution is 5.35. The van der Waals surface area contributed by atoms with Gasteiger partial charge in [0.2, 0.25) is 5.95 Å². The van der Waals surface area contributed by atoms with Gasteiger partial charge in [0.15, 0.2) is 0 Å². The molecule has 4 heterocycles. The molecule has 4 nitrogen and oxygen atoms in total. The predicted molar refractivity (Wildman–Crippen MR) is 59.0 cm³/mol. The number of anilines is 1. The fourth-order valence-corrected chi connectivity index (χ4v) is 2.53. The molecule has 4 rings (SSSR count). The number of hydrogen-bond acceptors (Lipinski definition) is 4. The summed E-state index contributed by atoms with van der Waals surface area (Å²) >= 11 is 0. The van der Waals surface area contributed by atoms with Gasteiger partial charge in [-0.1, -0.05) is 0 Å². The molecular weight excluding hydrogens is 188 g/mol. The average molecular weight is 204 g/mol. The van der Waals surface area contributed by atoms with Crippen LogP contribution < -0.4 is 10.2 Å². The van der Waals surface area contributed by atoms with Crippen molar-refractivity contribution in [1.82, 2.24) is 15.3 Å². The van der Waals surface area contributed by atoms with Crippen LogP contribution in [0.15, 0.2) is 6.07 Å². The molecule has 0 amide bonds. The molecule has 4 heteroatoms. The summed E-state index contributed by atoms with van der Waals surface area (Å²) in [6, 6.07) is 3.34. The zero-order valence-electron chi connectivity index (χ0n) is 9.20. The van der Waals surface area contributed by atoms with Gasteiger partial charge in [0, 0.05) is 36.6 Å². The van der Waals surface area contributed by atoms with Gasteiger partial charge in [-0.15, -0.1) is 0 Å². The molecule has 1 aromatic rings. The summed E-state index contributed by atoms with van der Waals surface area (Å²) in [4.78, 5) is 11.3. The first-order valence-corrected chi connectivity index (χ1v) is 5.54. The van der Waals surface area contributed by atoms with Crippen LogP contribution in [0.4, 0.5) is 5.95 Å². The molecule has 15 heavy (non-hydrogen) atoms. The minimum absolute atomic E-state index is 0.660. The normalized spacial score (nSPS) is 28.8. The first kappa shape index (κ1) is 9.09. The molecule has 3 aliphatic rings. The van der Waals surface area contributed by atoms with E-state index in [9.17, 15) is 0 Å². The second-order valence-electron chi connectivity index (χ2n) is 4.65. The van der Waals surface area contributed by atoms with E-state index in [4.69, 9.17) is 0 Å². The number of fused-ring (bicyclic) bond motifs is 2. The number of piperidine rings is 1. The second kappa shape index (κ2) is 3.17. The van der Waals surface area contributed by atoms with Crippen molar-refractivity contribution in [2.45, 2.75) is 32.4 Å². The van der Waals surface area contributed by atoms with Crippen LogP contribution >= 0.6 is 0 Å². The van der Waals surface area contributed by atoms with E-state index in [2.05, 4.69) is 20.2 Å². The Morgan fingerprint density at radius 1 is 1.20 bits per heavy atom. The van der Waals surface area contributed by atoms with Crippen molar-refractivity contribution < 1.29 is 0 Å². The fourth-order valence-electron chi connectivity index (χ4n) is 2.53. The zero-order chi connectivity index (χ0) is 10.4. The minimum atomic E-state index is 0.660. The topological polar surface area (TPSA) is 41.1 Å². The second-order valence-corrected chi connectivity index (χ2v) is 4.65. The van der Waals surface area contributed by atoms with E-state index in [0.717, 1.165) is 30.4 Å². The predicted octanol–water partition coefficient (Wildman–Crippen LogP) is 0.644. The highest BCUT2D eigenvalue weighted by Crippen LogP contribution is 2.23.